The molecule has 1 aromatic rings. The van der Waals surface area contributed by atoms with Gasteiger partial charge in [-0.25, -0.2) is 0 Å². The van der Waals surface area contributed by atoms with E-state index in [0.29, 0.717) is 17.1 Å². The maximum absolute atomic E-state index is 12.4. The molecule has 2 amide bonds. The Morgan fingerprint density at radius 3 is 2.22 bits per heavy atom. The Hall–Kier alpha value is -2.28. The van der Waals surface area contributed by atoms with Crippen LogP contribution in [0.15, 0.2) is 18.2 Å². The molecule has 1 heterocycles. The number of nitrogens with zero attached hydrogens (tertiary/aromatic N) is 1. The summed E-state index contributed by atoms with van der Waals surface area (Å²) in [7, 11) is 3.09. The number of benzene rings is 1. The first kappa shape index (κ1) is 17.1. The van der Waals surface area contributed by atoms with E-state index in [-0.39, 0.29) is 24.4 Å². The summed E-state index contributed by atoms with van der Waals surface area (Å²) in [5, 5.41) is 3.02. The fourth-order valence-corrected chi connectivity index (χ4v) is 2.66. The van der Waals surface area contributed by atoms with E-state index in [9.17, 15) is 9.59 Å². The molecule has 1 saturated heterocycles. The van der Waals surface area contributed by atoms with E-state index < -0.39 is 0 Å². The van der Waals surface area contributed by atoms with Crippen LogP contribution in [-0.2, 0) is 4.79 Å². The fourth-order valence-electron chi connectivity index (χ4n) is 2.66. The van der Waals surface area contributed by atoms with Crippen LogP contribution >= 0.6 is 0 Å². The number of hydrogen-bond acceptors (Lipinski definition) is 5. The molecule has 0 unspecified atom stereocenters. The smallest absolute Gasteiger partial charge is 0.251 e. The van der Waals surface area contributed by atoms with Crippen LogP contribution in [0.2, 0.25) is 0 Å². The van der Waals surface area contributed by atoms with Crippen LogP contribution < -0.4 is 20.5 Å². The van der Waals surface area contributed by atoms with Crippen molar-refractivity contribution in [1.82, 2.24) is 10.2 Å². The molecule has 1 aromatic carbocycles. The first-order valence-corrected chi connectivity index (χ1v) is 7.56. The monoisotopic (exact) mass is 321 g/mol. The van der Waals surface area contributed by atoms with Crippen molar-refractivity contribution >= 4 is 11.8 Å². The molecule has 0 spiro atoms. The van der Waals surface area contributed by atoms with Crippen molar-refractivity contribution in [3.05, 3.63) is 23.8 Å². The van der Waals surface area contributed by atoms with Gasteiger partial charge in [0.2, 0.25) is 5.91 Å². The van der Waals surface area contributed by atoms with Gasteiger partial charge >= 0.3 is 0 Å². The van der Waals surface area contributed by atoms with Gasteiger partial charge in [0.15, 0.2) is 0 Å². The zero-order chi connectivity index (χ0) is 16.8. The van der Waals surface area contributed by atoms with Crippen molar-refractivity contribution in [2.75, 3.05) is 33.9 Å². The van der Waals surface area contributed by atoms with Gasteiger partial charge in [-0.1, -0.05) is 0 Å². The third kappa shape index (κ3) is 4.85. The van der Waals surface area contributed by atoms with Crippen molar-refractivity contribution in [2.24, 2.45) is 5.73 Å². The number of nitrogens with one attached hydrogen (secondary N) is 1. The second kappa shape index (κ2) is 7.82. The number of hydrogen-bond donors (Lipinski definition) is 2. The van der Waals surface area contributed by atoms with Gasteiger partial charge in [0.25, 0.3) is 5.91 Å². The summed E-state index contributed by atoms with van der Waals surface area (Å²) in [4.78, 5) is 25.3. The average Bonchev–Trinajstić information content (AvgIpc) is 2.55. The molecule has 2 rings (SSSR count). The number of rotatable bonds is 6. The number of methoxy groups -OCH3 is 2. The molecule has 0 saturated carbocycles. The van der Waals surface area contributed by atoms with E-state index in [4.69, 9.17) is 15.2 Å². The number of primary amides is 1. The molecule has 0 bridgehead atoms. The van der Waals surface area contributed by atoms with Crippen molar-refractivity contribution in [2.45, 2.75) is 18.9 Å². The Morgan fingerprint density at radius 2 is 1.74 bits per heavy atom. The van der Waals surface area contributed by atoms with Crippen LogP contribution in [0.4, 0.5) is 0 Å². The van der Waals surface area contributed by atoms with Gasteiger partial charge in [-0.15, -0.1) is 0 Å². The average molecular weight is 321 g/mol. The molecule has 0 radical (unpaired) electrons. The van der Waals surface area contributed by atoms with Crippen LogP contribution in [0.1, 0.15) is 23.2 Å². The number of nitrogens with two attached hydrogens (primary N) is 1. The number of piperidine rings is 1. The van der Waals surface area contributed by atoms with E-state index in [1.54, 1.807) is 32.4 Å². The molecule has 0 atom stereocenters. The Kier molecular flexibility index (Phi) is 5.81. The predicted octanol–water partition coefficient (Wildman–Crippen LogP) is 0.383. The van der Waals surface area contributed by atoms with E-state index in [0.717, 1.165) is 25.9 Å². The maximum Gasteiger partial charge on any atom is 0.251 e. The highest BCUT2D eigenvalue weighted by Crippen LogP contribution is 2.22. The van der Waals surface area contributed by atoms with Gasteiger partial charge in [0.1, 0.15) is 11.5 Å². The normalized spacial score (nSPS) is 15.9. The van der Waals surface area contributed by atoms with Crippen LogP contribution in [0, 0.1) is 0 Å². The summed E-state index contributed by atoms with van der Waals surface area (Å²) >= 11 is 0. The summed E-state index contributed by atoms with van der Waals surface area (Å²) in [6.45, 7) is 1.76. The molecule has 23 heavy (non-hydrogen) atoms. The molecular formula is C16H23N3O4. The Bertz CT molecular complexity index is 546. The van der Waals surface area contributed by atoms with Gasteiger partial charge in [0, 0.05) is 30.8 Å². The summed E-state index contributed by atoms with van der Waals surface area (Å²) in [6.07, 6.45) is 1.58. The van der Waals surface area contributed by atoms with E-state index in [1.807, 2.05) is 4.90 Å². The van der Waals surface area contributed by atoms with Crippen LogP contribution in [0.5, 0.6) is 11.5 Å². The predicted molar refractivity (Wildman–Crippen MR) is 85.7 cm³/mol. The first-order valence-electron chi connectivity index (χ1n) is 7.56. The third-order valence-corrected chi connectivity index (χ3v) is 3.92. The van der Waals surface area contributed by atoms with Crippen molar-refractivity contribution in [3.63, 3.8) is 0 Å². The number of ether oxygens (including phenoxy) is 2. The molecular weight excluding hydrogens is 298 g/mol. The molecule has 1 fully saturated rings. The SMILES string of the molecule is COc1cc(OC)cc(C(=O)NC2CCN(CC(N)=O)CC2)c1. The van der Waals surface area contributed by atoms with E-state index >= 15 is 0 Å². The van der Waals surface area contributed by atoms with Crippen molar-refractivity contribution < 1.29 is 19.1 Å². The summed E-state index contributed by atoms with van der Waals surface area (Å²) in [6, 6.07) is 5.17. The number of likely N-dealkylation sites (tertiary alicyclic amines) is 1. The molecule has 1 aliphatic rings. The summed E-state index contributed by atoms with van der Waals surface area (Å²) in [5.74, 6) is 0.670. The highest BCUT2D eigenvalue weighted by Gasteiger charge is 2.22. The second-order valence-corrected chi connectivity index (χ2v) is 5.59. The van der Waals surface area contributed by atoms with Crippen LogP contribution in [-0.4, -0.2) is 56.6 Å². The first-order chi connectivity index (χ1) is 11.0. The Balaban J connectivity index is 1.94. The van der Waals surface area contributed by atoms with Crippen LogP contribution in [0.3, 0.4) is 0 Å². The molecule has 3 N–H and O–H groups in total. The lowest BCUT2D eigenvalue weighted by Crippen LogP contribution is -2.46. The van der Waals surface area contributed by atoms with Gasteiger partial charge in [-0.3, -0.25) is 14.5 Å². The zero-order valence-corrected chi connectivity index (χ0v) is 13.5. The van der Waals surface area contributed by atoms with Crippen molar-refractivity contribution in [1.29, 1.82) is 0 Å². The molecule has 7 nitrogen and oxygen atoms in total. The fraction of sp³-hybridized carbons (Fsp3) is 0.500. The molecule has 1 aliphatic heterocycles. The second-order valence-electron chi connectivity index (χ2n) is 5.59. The van der Waals surface area contributed by atoms with Gasteiger partial charge in [-0.05, 0) is 25.0 Å². The van der Waals surface area contributed by atoms with Crippen LogP contribution in [0.25, 0.3) is 0 Å². The van der Waals surface area contributed by atoms with E-state index in [2.05, 4.69) is 5.32 Å². The highest BCUT2D eigenvalue weighted by atomic mass is 16.5. The molecule has 0 aromatic heterocycles. The van der Waals surface area contributed by atoms with Gasteiger partial charge in [0.05, 0.1) is 20.8 Å². The zero-order valence-electron chi connectivity index (χ0n) is 13.5. The standard InChI is InChI=1S/C16H23N3O4/c1-22-13-7-11(8-14(9-13)23-2)16(21)18-12-3-5-19(6-4-12)10-15(17)20/h7-9,12H,3-6,10H2,1-2H3,(H2,17,20)(H,18,21). The molecule has 126 valence electrons. The minimum Gasteiger partial charge on any atom is -0.497 e. The third-order valence-electron chi connectivity index (χ3n) is 3.92. The number of carbonyl (C=O) groups is 2. The summed E-state index contributed by atoms with van der Waals surface area (Å²) < 4.78 is 10.4. The van der Waals surface area contributed by atoms with Crippen molar-refractivity contribution in [3.8, 4) is 11.5 Å². The largest absolute Gasteiger partial charge is 0.497 e. The number of amides is 2. The lowest BCUT2D eigenvalue weighted by atomic mass is 10.0. The molecule has 7 heteroatoms. The quantitative estimate of drug-likeness (QED) is 0.790. The number of carbonyl (C=O) groups excluding carboxylic acids is 2. The topological polar surface area (TPSA) is 93.9 Å². The van der Waals surface area contributed by atoms with Gasteiger partial charge in [-0.2, -0.15) is 0 Å². The highest BCUT2D eigenvalue weighted by molar-refractivity contribution is 5.95. The minimum atomic E-state index is -0.323. The maximum atomic E-state index is 12.4. The Labute approximate surface area is 135 Å². The van der Waals surface area contributed by atoms with Gasteiger partial charge < -0.3 is 20.5 Å². The Morgan fingerprint density at radius 1 is 1.17 bits per heavy atom. The lowest BCUT2D eigenvalue weighted by molar-refractivity contribution is -0.119. The molecule has 0 aliphatic carbocycles. The summed E-state index contributed by atoms with van der Waals surface area (Å²) in [5.41, 5.74) is 5.70. The minimum absolute atomic E-state index is 0.0869. The van der Waals surface area contributed by atoms with E-state index in [1.165, 1.54) is 0 Å². The lowest BCUT2D eigenvalue weighted by Gasteiger charge is -2.31.